The van der Waals surface area contributed by atoms with Crippen molar-refractivity contribution < 1.29 is 37.4 Å². The molecule has 0 bridgehead atoms. The molecule has 0 N–H and O–H groups in total. The van der Waals surface area contributed by atoms with Crippen LogP contribution in [0.1, 0.15) is 293 Å². The SMILES string of the molecule is CCCCCCCCCCCCOC(=O)CCc1cc(C(C)CC)c(OP(OF)Oc2c(C(C)CC)cc(CCC(=O)OCCCCCCCCCCCC)cc2C(C)CC)c(C(C)CC)c1. The molecular formula is C58H98FO7P. The van der Waals surface area contributed by atoms with Crippen molar-refractivity contribution in [3.05, 3.63) is 57.6 Å². The molecule has 0 amide bonds. The third-order valence-corrected chi connectivity index (χ3v) is 14.9. The Labute approximate surface area is 411 Å². The number of ether oxygens (including phenoxy) is 2. The van der Waals surface area contributed by atoms with Gasteiger partial charge in [0.05, 0.1) is 13.2 Å². The summed E-state index contributed by atoms with van der Waals surface area (Å²) in [5.74, 6) is 1.26. The molecule has 4 atom stereocenters. The zero-order valence-electron chi connectivity index (χ0n) is 44.5. The highest BCUT2D eigenvalue weighted by atomic mass is 31.2. The van der Waals surface area contributed by atoms with Gasteiger partial charge in [0.2, 0.25) is 0 Å². The van der Waals surface area contributed by atoms with Crippen LogP contribution in [0, 0.1) is 0 Å². The van der Waals surface area contributed by atoms with E-state index in [2.05, 4.69) is 98.2 Å². The van der Waals surface area contributed by atoms with Gasteiger partial charge in [0.25, 0.3) is 0 Å². The first kappa shape index (κ1) is 60.4. The average Bonchev–Trinajstić information content (AvgIpc) is 3.34. The maximum Gasteiger partial charge on any atom is 0.497 e. The molecule has 67 heavy (non-hydrogen) atoms. The molecule has 0 aromatic heterocycles. The minimum absolute atomic E-state index is 0.102. The fraction of sp³-hybridized carbons (Fsp3) is 0.759. The largest absolute Gasteiger partial charge is 0.497 e. The third kappa shape index (κ3) is 24.1. The zero-order chi connectivity index (χ0) is 49.2. The van der Waals surface area contributed by atoms with Gasteiger partial charge in [0, 0.05) is 12.8 Å². The lowest BCUT2D eigenvalue weighted by Gasteiger charge is -2.27. The van der Waals surface area contributed by atoms with E-state index in [-0.39, 0.29) is 35.6 Å². The third-order valence-electron chi connectivity index (χ3n) is 14.1. The summed E-state index contributed by atoms with van der Waals surface area (Å²) in [6.07, 6.45) is 29.9. The Bertz CT molecular complexity index is 1440. The number of hydrogen-bond acceptors (Lipinski definition) is 7. The maximum atomic E-state index is 15.0. The van der Waals surface area contributed by atoms with Gasteiger partial charge < -0.3 is 18.5 Å². The summed E-state index contributed by atoms with van der Waals surface area (Å²) in [6, 6.07) is 8.46. The second-order valence-electron chi connectivity index (χ2n) is 19.7. The molecule has 2 rings (SSSR count). The smallest absolute Gasteiger partial charge is 0.466 e. The Morgan fingerprint density at radius 2 is 0.716 bits per heavy atom. The minimum atomic E-state index is -2.50. The molecule has 4 unspecified atom stereocenters. The number of halogens is 1. The lowest BCUT2D eigenvalue weighted by molar-refractivity contribution is -0.144. The van der Waals surface area contributed by atoms with Crippen molar-refractivity contribution in [3.63, 3.8) is 0 Å². The molecule has 0 aliphatic rings. The van der Waals surface area contributed by atoms with Crippen LogP contribution in [-0.2, 0) is 36.6 Å². The van der Waals surface area contributed by atoms with Crippen LogP contribution in [0.15, 0.2) is 24.3 Å². The van der Waals surface area contributed by atoms with E-state index in [1.54, 1.807) is 0 Å². The molecule has 0 heterocycles. The van der Waals surface area contributed by atoms with E-state index >= 15 is 0 Å². The van der Waals surface area contributed by atoms with Gasteiger partial charge in [-0.2, -0.15) is 0 Å². The number of unbranched alkanes of at least 4 members (excludes halogenated alkanes) is 18. The molecule has 0 saturated heterocycles. The first-order chi connectivity index (χ1) is 32.5. The van der Waals surface area contributed by atoms with E-state index in [1.807, 2.05) is 0 Å². The summed E-state index contributed by atoms with van der Waals surface area (Å²) in [6.45, 7) is 22.6. The molecular weight excluding hydrogens is 859 g/mol. The number of benzene rings is 2. The molecule has 2 aromatic carbocycles. The lowest BCUT2D eigenvalue weighted by Crippen LogP contribution is -2.11. The molecule has 0 fully saturated rings. The van der Waals surface area contributed by atoms with E-state index < -0.39 is 8.60 Å². The van der Waals surface area contributed by atoms with Crippen LogP contribution < -0.4 is 9.05 Å². The van der Waals surface area contributed by atoms with Crippen molar-refractivity contribution in [2.24, 2.45) is 0 Å². The highest BCUT2D eigenvalue weighted by molar-refractivity contribution is 7.42. The fourth-order valence-electron chi connectivity index (χ4n) is 8.71. The maximum absolute atomic E-state index is 15.0. The summed E-state index contributed by atoms with van der Waals surface area (Å²) in [5.41, 5.74) is 5.92. The van der Waals surface area contributed by atoms with Gasteiger partial charge >= 0.3 is 20.5 Å². The second-order valence-corrected chi connectivity index (χ2v) is 20.7. The van der Waals surface area contributed by atoms with Gasteiger partial charge in [-0.25, -0.2) is 0 Å². The van der Waals surface area contributed by atoms with Crippen LogP contribution in [0.2, 0.25) is 0 Å². The normalized spacial score (nSPS) is 13.8. The minimum Gasteiger partial charge on any atom is -0.466 e. The van der Waals surface area contributed by atoms with Gasteiger partial charge in [-0.05, 0) is 113 Å². The lowest BCUT2D eigenvalue weighted by atomic mass is 9.87. The van der Waals surface area contributed by atoms with Gasteiger partial charge in [-0.3, -0.25) is 9.59 Å². The highest BCUT2D eigenvalue weighted by Crippen LogP contribution is 2.51. The molecule has 2 aromatic rings. The molecule has 0 radical (unpaired) electrons. The van der Waals surface area contributed by atoms with Crippen LogP contribution in [0.25, 0.3) is 0 Å². The summed E-state index contributed by atoms with van der Waals surface area (Å²) in [7, 11) is -2.50. The Balaban J connectivity index is 2.19. The summed E-state index contributed by atoms with van der Waals surface area (Å²) < 4.78 is 44.1. The average molecular weight is 957 g/mol. The standard InChI is InChI=1S/C58H98FO7P/c1-11-17-19-21-23-25-27-29-31-33-39-62-55(60)37-35-49-41-51(45(7)13-3)57(52(42-49)46(8)14-4)64-67(66-59)65-58-53(47(9)15-5)43-50(44-54(58)48(10)16-6)36-38-56(61)63-40-34-32-30-28-26-24-22-20-18-12-2/h41-48H,11-40H2,1-10H3. The van der Waals surface area contributed by atoms with E-state index in [4.69, 9.17) is 18.5 Å². The zero-order valence-corrected chi connectivity index (χ0v) is 45.4. The van der Waals surface area contributed by atoms with Crippen LogP contribution in [0.3, 0.4) is 0 Å². The van der Waals surface area contributed by atoms with Crippen molar-refractivity contribution in [2.75, 3.05) is 13.2 Å². The van der Waals surface area contributed by atoms with Gasteiger partial charge in [-0.1, -0.05) is 214 Å². The molecule has 0 saturated carbocycles. The number of rotatable bonds is 41. The Morgan fingerprint density at radius 3 is 0.970 bits per heavy atom. The summed E-state index contributed by atoms with van der Waals surface area (Å²) in [5, 5.41) is 0. The van der Waals surface area contributed by atoms with Gasteiger partial charge in [0.15, 0.2) is 0 Å². The van der Waals surface area contributed by atoms with E-state index in [0.717, 1.165) is 84.7 Å². The van der Waals surface area contributed by atoms with Crippen molar-refractivity contribution in [3.8, 4) is 11.5 Å². The van der Waals surface area contributed by atoms with E-state index in [9.17, 15) is 14.1 Å². The number of hydrogen-bond donors (Lipinski definition) is 0. The number of carbonyl (C=O) groups is 2. The molecule has 384 valence electrons. The summed E-state index contributed by atoms with van der Waals surface area (Å²) in [4.78, 5) is 25.8. The molecule has 0 spiro atoms. The predicted octanol–water partition coefficient (Wildman–Crippen LogP) is 19.1. The van der Waals surface area contributed by atoms with Crippen molar-refractivity contribution >= 4 is 20.5 Å². The van der Waals surface area contributed by atoms with Crippen LogP contribution in [-0.4, -0.2) is 25.2 Å². The van der Waals surface area contributed by atoms with Gasteiger partial charge in [-0.15, -0.1) is 0 Å². The number of esters is 2. The van der Waals surface area contributed by atoms with Crippen molar-refractivity contribution in [1.82, 2.24) is 0 Å². The van der Waals surface area contributed by atoms with Crippen LogP contribution >= 0.6 is 8.60 Å². The molecule has 7 nitrogen and oxygen atoms in total. The first-order valence-corrected chi connectivity index (χ1v) is 28.7. The summed E-state index contributed by atoms with van der Waals surface area (Å²) >= 11 is 0. The first-order valence-electron chi connectivity index (χ1n) is 27.6. The number of aryl methyl sites for hydroxylation is 2. The Hall–Kier alpha value is -2.70. The Morgan fingerprint density at radius 1 is 0.448 bits per heavy atom. The van der Waals surface area contributed by atoms with Crippen molar-refractivity contribution in [1.29, 1.82) is 0 Å². The van der Waals surface area contributed by atoms with E-state index in [0.29, 0.717) is 50.4 Å². The molecule has 0 aliphatic heterocycles. The monoisotopic (exact) mass is 957 g/mol. The number of carbonyl (C=O) groups excluding carboxylic acids is 2. The highest BCUT2D eigenvalue weighted by Gasteiger charge is 2.30. The Kier molecular flexibility index (Phi) is 33.5. The quantitative estimate of drug-likeness (QED) is 0.0373. The van der Waals surface area contributed by atoms with Crippen molar-refractivity contribution in [2.45, 2.75) is 273 Å². The van der Waals surface area contributed by atoms with Crippen LogP contribution in [0.5, 0.6) is 11.5 Å². The van der Waals surface area contributed by atoms with Crippen LogP contribution in [0.4, 0.5) is 4.53 Å². The topological polar surface area (TPSA) is 80.3 Å². The molecule has 0 aliphatic carbocycles. The second kappa shape index (κ2) is 37.2. The predicted molar refractivity (Wildman–Crippen MR) is 280 cm³/mol. The van der Waals surface area contributed by atoms with E-state index in [1.165, 1.54) is 103 Å². The fourth-order valence-corrected chi connectivity index (χ4v) is 9.52. The molecule has 9 heteroatoms. The van der Waals surface area contributed by atoms with Gasteiger partial charge in [0.1, 0.15) is 11.5 Å².